The summed E-state index contributed by atoms with van der Waals surface area (Å²) in [4.78, 5) is 0. The van der Waals surface area contributed by atoms with Gasteiger partial charge in [-0.3, -0.25) is 0 Å². The molecule has 0 saturated heterocycles. The lowest BCUT2D eigenvalue weighted by molar-refractivity contribution is -0.138. The van der Waals surface area contributed by atoms with Crippen molar-refractivity contribution in [3.8, 4) is 69.8 Å². The van der Waals surface area contributed by atoms with Crippen molar-refractivity contribution in [2.24, 2.45) is 0 Å². The third kappa shape index (κ3) is 4.94. The van der Waals surface area contributed by atoms with E-state index in [-0.39, 0.29) is 61.2 Å². The number of fused-ring (bicyclic) bond motifs is 3. The van der Waals surface area contributed by atoms with Gasteiger partial charge in [-0.1, -0.05) is 12.1 Å². The molecule has 5 rings (SSSR count). The normalized spacial score (nSPS) is 11.5. The maximum Gasteiger partial charge on any atom is 0.417 e. The summed E-state index contributed by atoms with van der Waals surface area (Å²) in [6.07, 6.45) is -9.80. The molecule has 0 spiro atoms. The Bertz CT molecular complexity index is 2140. The van der Waals surface area contributed by atoms with Gasteiger partial charge in [-0.05, 0) is 81.9 Å². The molecule has 6 nitrogen and oxygen atoms in total. The highest BCUT2D eigenvalue weighted by atomic mass is 19.4. The summed E-state index contributed by atoms with van der Waals surface area (Å²) in [5, 5.41) is 58.0. The summed E-state index contributed by atoms with van der Waals surface area (Å²) in [5.41, 5.74) is -3.86. The summed E-state index contributed by atoms with van der Waals surface area (Å²) < 4.78 is 82.5. The first-order chi connectivity index (χ1) is 21.8. The Morgan fingerprint density at radius 2 is 0.804 bits per heavy atom. The highest BCUT2D eigenvalue weighted by Crippen LogP contribution is 2.50. The Hall–Kier alpha value is -6.86. The van der Waals surface area contributed by atoms with Crippen molar-refractivity contribution in [1.29, 1.82) is 31.6 Å². The number of rotatable bonds is 2. The zero-order valence-corrected chi connectivity index (χ0v) is 22.7. The fraction of sp³-hybridized carbons (Fsp3) is 0.0588. The van der Waals surface area contributed by atoms with Gasteiger partial charge < -0.3 is 0 Å². The number of nitrogens with zero attached hydrogens (tertiary/aromatic N) is 6. The lowest BCUT2D eigenvalue weighted by Gasteiger charge is -2.13. The van der Waals surface area contributed by atoms with Crippen LogP contribution in [0.15, 0.2) is 66.2 Å². The number of benzene rings is 4. The summed E-state index contributed by atoms with van der Waals surface area (Å²) in [6.45, 7) is 0. The zero-order valence-electron chi connectivity index (χ0n) is 22.7. The van der Waals surface area contributed by atoms with Gasteiger partial charge in [0.15, 0.2) is 0 Å². The van der Waals surface area contributed by atoms with Gasteiger partial charge in [0.2, 0.25) is 0 Å². The molecule has 0 unspecified atom stereocenters. The Labute approximate surface area is 256 Å². The minimum atomic E-state index is -4.90. The second-order valence-corrected chi connectivity index (χ2v) is 9.82. The number of nitriles is 6. The largest absolute Gasteiger partial charge is 0.417 e. The molecule has 218 valence electrons. The van der Waals surface area contributed by atoms with Crippen LogP contribution in [0.4, 0.5) is 26.3 Å². The third-order valence-corrected chi connectivity index (χ3v) is 7.37. The van der Waals surface area contributed by atoms with Crippen molar-refractivity contribution >= 4 is 5.57 Å². The van der Waals surface area contributed by atoms with Gasteiger partial charge >= 0.3 is 12.4 Å². The van der Waals surface area contributed by atoms with Gasteiger partial charge in [0.1, 0.15) is 17.7 Å². The molecule has 0 atom stereocenters. The molecule has 46 heavy (non-hydrogen) atoms. The smallest absolute Gasteiger partial charge is 0.192 e. The molecule has 0 radical (unpaired) electrons. The van der Waals surface area contributed by atoms with Crippen LogP contribution in [0, 0.1) is 68.0 Å². The maximum absolute atomic E-state index is 13.8. The van der Waals surface area contributed by atoms with Crippen molar-refractivity contribution in [3.63, 3.8) is 0 Å². The highest BCUT2D eigenvalue weighted by molar-refractivity contribution is 6.07. The van der Waals surface area contributed by atoms with Gasteiger partial charge in [-0.2, -0.15) is 57.9 Å². The maximum atomic E-state index is 13.8. The summed E-state index contributed by atoms with van der Waals surface area (Å²) in [6, 6.07) is 21.3. The second-order valence-electron chi connectivity index (χ2n) is 9.82. The van der Waals surface area contributed by atoms with Crippen LogP contribution in [0.25, 0.3) is 39.0 Å². The number of hydrogen-bond acceptors (Lipinski definition) is 6. The van der Waals surface area contributed by atoms with Crippen molar-refractivity contribution < 1.29 is 26.3 Å². The Morgan fingerprint density at radius 1 is 0.435 bits per heavy atom. The van der Waals surface area contributed by atoms with Crippen LogP contribution in [0.5, 0.6) is 0 Å². The second kappa shape index (κ2) is 11.0. The van der Waals surface area contributed by atoms with Crippen LogP contribution in [-0.4, -0.2) is 0 Å². The summed E-state index contributed by atoms with van der Waals surface area (Å²) >= 11 is 0. The minimum absolute atomic E-state index is 0.0131. The monoisotopic (exact) mass is 616 g/mol. The van der Waals surface area contributed by atoms with Crippen molar-refractivity contribution in [1.82, 2.24) is 0 Å². The van der Waals surface area contributed by atoms with E-state index in [1.165, 1.54) is 48.5 Å². The van der Waals surface area contributed by atoms with E-state index in [9.17, 15) is 57.9 Å². The molecule has 0 amide bonds. The Balaban J connectivity index is 1.83. The predicted octanol–water partition coefficient (Wildman–Crippen LogP) is 8.37. The number of halogens is 6. The van der Waals surface area contributed by atoms with E-state index in [0.717, 1.165) is 12.1 Å². The van der Waals surface area contributed by atoms with Crippen LogP contribution in [-0.2, 0) is 12.4 Å². The van der Waals surface area contributed by atoms with Crippen LogP contribution >= 0.6 is 0 Å². The van der Waals surface area contributed by atoms with E-state index in [2.05, 4.69) is 0 Å². The molecule has 4 aromatic rings. The molecule has 1 aliphatic rings. The fourth-order valence-electron chi connectivity index (χ4n) is 5.36. The average Bonchev–Trinajstić information content (AvgIpc) is 3.34. The average molecular weight is 616 g/mol. The molecule has 0 N–H and O–H groups in total. The van der Waals surface area contributed by atoms with E-state index < -0.39 is 40.2 Å². The third-order valence-electron chi connectivity index (χ3n) is 7.37. The van der Waals surface area contributed by atoms with Crippen molar-refractivity contribution in [2.75, 3.05) is 0 Å². The number of hydrogen-bond donors (Lipinski definition) is 0. The molecule has 12 heteroatoms. The molecule has 0 heterocycles. The highest BCUT2D eigenvalue weighted by Gasteiger charge is 2.36. The van der Waals surface area contributed by atoms with Gasteiger partial charge in [0, 0.05) is 16.7 Å². The van der Waals surface area contributed by atoms with Crippen LogP contribution in [0.1, 0.15) is 44.5 Å². The van der Waals surface area contributed by atoms with E-state index >= 15 is 0 Å². The first kappa shape index (κ1) is 30.6. The molecular formula is C34H10F6N6. The van der Waals surface area contributed by atoms with E-state index in [4.69, 9.17) is 0 Å². The quantitative estimate of drug-likeness (QED) is 0.144. The van der Waals surface area contributed by atoms with Crippen LogP contribution in [0.3, 0.4) is 0 Å². The van der Waals surface area contributed by atoms with Crippen LogP contribution in [0.2, 0.25) is 0 Å². The van der Waals surface area contributed by atoms with Gasteiger partial charge in [-0.15, -0.1) is 0 Å². The van der Waals surface area contributed by atoms with Crippen LogP contribution < -0.4 is 0 Å². The number of alkyl halides is 6. The molecule has 0 fully saturated rings. The molecule has 4 aromatic carbocycles. The minimum Gasteiger partial charge on any atom is -0.192 e. The fourth-order valence-corrected chi connectivity index (χ4v) is 5.36. The Morgan fingerprint density at radius 3 is 1.11 bits per heavy atom. The number of allylic oxidation sites excluding steroid dienone is 1. The van der Waals surface area contributed by atoms with Gasteiger partial charge in [0.25, 0.3) is 0 Å². The summed E-state index contributed by atoms with van der Waals surface area (Å²) in [7, 11) is 0. The van der Waals surface area contributed by atoms with E-state index in [0.29, 0.717) is 12.1 Å². The first-order valence-electron chi connectivity index (χ1n) is 12.8. The topological polar surface area (TPSA) is 143 Å². The molecular weight excluding hydrogens is 606 g/mol. The first-order valence-corrected chi connectivity index (χ1v) is 12.8. The SMILES string of the molecule is N#CC(C#N)=C1c2cc(-c3ccc(C#N)c(C(F)(F)F)c3)c(C#N)cc2-c2cc(C#N)c(-c3ccc(C#N)c(C(F)(F)F)c3)cc21. The predicted molar refractivity (Wildman–Crippen MR) is 149 cm³/mol. The van der Waals surface area contributed by atoms with E-state index in [1.54, 1.807) is 12.1 Å². The van der Waals surface area contributed by atoms with Gasteiger partial charge in [-0.25, -0.2) is 0 Å². The van der Waals surface area contributed by atoms with Crippen molar-refractivity contribution in [3.05, 3.63) is 111 Å². The summed E-state index contributed by atoms with van der Waals surface area (Å²) in [5.74, 6) is 0. The lowest BCUT2D eigenvalue weighted by Crippen LogP contribution is -2.08. The van der Waals surface area contributed by atoms with Crippen molar-refractivity contribution in [2.45, 2.75) is 12.4 Å². The molecule has 0 bridgehead atoms. The van der Waals surface area contributed by atoms with Gasteiger partial charge in [0.05, 0.1) is 57.7 Å². The van der Waals surface area contributed by atoms with E-state index in [1.807, 2.05) is 12.1 Å². The lowest BCUT2D eigenvalue weighted by atomic mass is 9.90. The molecule has 1 aliphatic carbocycles. The molecule has 0 aliphatic heterocycles. The Kier molecular flexibility index (Phi) is 7.32. The molecule has 0 saturated carbocycles. The molecule has 0 aromatic heterocycles. The standard InChI is InChI=1S/C34H10F6N6/c35-33(36,37)30-7-17(1-3-19(30)11-41)24-9-28-26(5-21(24)13-43)27-6-22(14-44)25(10-29(27)32(28)23(15-45)16-46)18-2-4-20(12-42)31(8-18)34(38,39)40/h1-10H. The zero-order chi connectivity index (χ0) is 33.6.